The molecule has 0 aliphatic rings. The number of hydrogen-bond donors (Lipinski definition) is 0. The van der Waals surface area contributed by atoms with Crippen LogP contribution < -0.4 is 0 Å². The first-order chi connectivity index (χ1) is 9.29. The van der Waals surface area contributed by atoms with E-state index in [0.29, 0.717) is 11.5 Å². The van der Waals surface area contributed by atoms with Gasteiger partial charge >= 0.3 is 0 Å². The van der Waals surface area contributed by atoms with Gasteiger partial charge in [0.15, 0.2) is 11.5 Å². The second kappa shape index (κ2) is 4.42. The van der Waals surface area contributed by atoms with Crippen LogP contribution >= 0.6 is 0 Å². The van der Waals surface area contributed by atoms with Crippen molar-refractivity contribution in [1.29, 1.82) is 5.26 Å². The number of hydrogen-bond acceptors (Lipinski definition) is 4. The fourth-order valence-corrected chi connectivity index (χ4v) is 1.93. The zero-order valence-corrected chi connectivity index (χ0v) is 10.2. The van der Waals surface area contributed by atoms with E-state index in [2.05, 4.69) is 10.3 Å². The quantitative estimate of drug-likeness (QED) is 0.701. The van der Waals surface area contributed by atoms with Crippen molar-refractivity contribution in [3.8, 4) is 23.2 Å². The highest BCUT2D eigenvalue weighted by Gasteiger charge is 2.18. The molecule has 0 unspecified atom stereocenters. The molecule has 0 aliphatic heterocycles. The highest BCUT2D eigenvalue weighted by molar-refractivity contribution is 5.62. The molecule has 0 radical (unpaired) electrons. The van der Waals surface area contributed by atoms with Crippen LogP contribution in [-0.4, -0.2) is 15.0 Å². The van der Waals surface area contributed by atoms with Gasteiger partial charge in [-0.25, -0.2) is 4.68 Å². The minimum atomic E-state index is 0.247. The number of aryl methyl sites for hydroxylation is 1. The minimum absolute atomic E-state index is 0.247. The zero-order chi connectivity index (χ0) is 13.2. The zero-order valence-electron chi connectivity index (χ0n) is 10.2. The molecule has 5 heteroatoms. The molecule has 5 nitrogen and oxygen atoms in total. The van der Waals surface area contributed by atoms with E-state index in [4.69, 9.17) is 9.68 Å². The maximum Gasteiger partial charge on any atom is 0.194 e. The van der Waals surface area contributed by atoms with Gasteiger partial charge < -0.3 is 4.42 Å². The molecule has 2 heterocycles. The highest BCUT2D eigenvalue weighted by atomic mass is 16.3. The largest absolute Gasteiger partial charge is 0.463 e. The van der Waals surface area contributed by atoms with Gasteiger partial charge in [0.25, 0.3) is 0 Å². The molecule has 1 aromatic carbocycles. The van der Waals surface area contributed by atoms with Crippen LogP contribution in [0.4, 0.5) is 0 Å². The van der Waals surface area contributed by atoms with Crippen LogP contribution in [0.2, 0.25) is 0 Å². The van der Waals surface area contributed by atoms with E-state index in [0.717, 1.165) is 11.3 Å². The third-order valence-electron chi connectivity index (χ3n) is 2.78. The number of benzene rings is 1. The smallest absolute Gasteiger partial charge is 0.194 e. The molecular formula is C14H10N4O. The molecule has 3 aromatic rings. The SMILES string of the molecule is Cc1cccc(-n2nnc(C#N)c2-c2ccco2)c1. The van der Waals surface area contributed by atoms with Gasteiger partial charge in [0.1, 0.15) is 11.8 Å². The topological polar surface area (TPSA) is 67.6 Å². The summed E-state index contributed by atoms with van der Waals surface area (Å²) in [6.07, 6.45) is 1.56. The van der Waals surface area contributed by atoms with Crippen molar-refractivity contribution in [2.24, 2.45) is 0 Å². The Hall–Kier alpha value is -2.87. The Balaban J connectivity index is 2.24. The molecule has 92 valence electrons. The van der Waals surface area contributed by atoms with Gasteiger partial charge in [-0.15, -0.1) is 5.10 Å². The number of nitrogens with zero attached hydrogens (tertiary/aromatic N) is 4. The standard InChI is InChI=1S/C14H10N4O/c1-10-4-2-5-11(8-10)18-14(12(9-15)16-17-18)13-6-3-7-19-13/h2-8H,1H3. The molecule has 0 N–H and O–H groups in total. The van der Waals surface area contributed by atoms with Crippen LogP contribution in [0.3, 0.4) is 0 Å². The van der Waals surface area contributed by atoms with Gasteiger partial charge in [-0.2, -0.15) is 5.26 Å². The van der Waals surface area contributed by atoms with Gasteiger partial charge in [0.05, 0.1) is 12.0 Å². The number of aromatic nitrogens is 3. The summed E-state index contributed by atoms with van der Waals surface area (Å²) in [5, 5.41) is 17.1. The van der Waals surface area contributed by atoms with Crippen molar-refractivity contribution >= 4 is 0 Å². The van der Waals surface area contributed by atoms with Crippen LogP contribution in [0.5, 0.6) is 0 Å². The first-order valence-corrected chi connectivity index (χ1v) is 5.76. The molecule has 0 atom stereocenters. The van der Waals surface area contributed by atoms with Crippen LogP contribution in [0.1, 0.15) is 11.3 Å². The third kappa shape index (κ3) is 1.89. The first-order valence-electron chi connectivity index (χ1n) is 5.76. The van der Waals surface area contributed by atoms with E-state index in [9.17, 15) is 0 Å². The Morgan fingerprint density at radius 2 is 2.16 bits per heavy atom. The van der Waals surface area contributed by atoms with Crippen molar-refractivity contribution in [3.05, 3.63) is 53.9 Å². The summed E-state index contributed by atoms with van der Waals surface area (Å²) in [5.74, 6) is 0.572. The van der Waals surface area contributed by atoms with Crippen molar-refractivity contribution in [1.82, 2.24) is 15.0 Å². The van der Waals surface area contributed by atoms with Crippen LogP contribution in [-0.2, 0) is 0 Å². The Labute approximate surface area is 109 Å². The molecule has 0 saturated heterocycles. The molecule has 3 rings (SSSR count). The monoisotopic (exact) mass is 250 g/mol. The van der Waals surface area contributed by atoms with E-state index in [1.807, 2.05) is 37.3 Å². The van der Waals surface area contributed by atoms with E-state index in [1.54, 1.807) is 23.1 Å². The van der Waals surface area contributed by atoms with E-state index in [-0.39, 0.29) is 5.69 Å². The van der Waals surface area contributed by atoms with E-state index < -0.39 is 0 Å². The molecule has 19 heavy (non-hydrogen) atoms. The molecule has 2 aromatic heterocycles. The average molecular weight is 250 g/mol. The summed E-state index contributed by atoms with van der Waals surface area (Å²) >= 11 is 0. The fraction of sp³-hybridized carbons (Fsp3) is 0.0714. The van der Waals surface area contributed by atoms with Crippen LogP contribution in [0, 0.1) is 18.3 Å². The van der Waals surface area contributed by atoms with Crippen LogP contribution in [0.15, 0.2) is 47.1 Å². The van der Waals surface area contributed by atoms with Crippen molar-refractivity contribution < 1.29 is 4.42 Å². The highest BCUT2D eigenvalue weighted by Crippen LogP contribution is 2.25. The number of rotatable bonds is 2. The average Bonchev–Trinajstić information content (AvgIpc) is 3.07. The van der Waals surface area contributed by atoms with Gasteiger partial charge in [-0.05, 0) is 36.8 Å². The summed E-state index contributed by atoms with van der Waals surface area (Å²) in [7, 11) is 0. The lowest BCUT2D eigenvalue weighted by Gasteiger charge is -2.05. The Kier molecular flexibility index (Phi) is 2.62. The van der Waals surface area contributed by atoms with E-state index in [1.165, 1.54) is 0 Å². The normalized spacial score (nSPS) is 10.3. The third-order valence-corrected chi connectivity index (χ3v) is 2.78. The predicted molar refractivity (Wildman–Crippen MR) is 68.5 cm³/mol. The predicted octanol–water partition coefficient (Wildman–Crippen LogP) is 2.71. The molecule has 0 aliphatic carbocycles. The Bertz CT molecular complexity index is 750. The fourth-order valence-electron chi connectivity index (χ4n) is 1.93. The lowest BCUT2D eigenvalue weighted by Crippen LogP contribution is -1.99. The summed E-state index contributed by atoms with van der Waals surface area (Å²) in [6, 6.07) is 13.4. The van der Waals surface area contributed by atoms with Crippen LogP contribution in [0.25, 0.3) is 17.1 Å². The Morgan fingerprint density at radius 3 is 2.84 bits per heavy atom. The summed E-state index contributed by atoms with van der Waals surface area (Å²) < 4.78 is 6.98. The summed E-state index contributed by atoms with van der Waals surface area (Å²) in [6.45, 7) is 2.00. The number of nitriles is 1. The van der Waals surface area contributed by atoms with Crippen molar-refractivity contribution in [2.45, 2.75) is 6.92 Å². The molecule has 0 saturated carbocycles. The van der Waals surface area contributed by atoms with Crippen molar-refractivity contribution in [2.75, 3.05) is 0 Å². The Morgan fingerprint density at radius 1 is 1.26 bits per heavy atom. The lowest BCUT2D eigenvalue weighted by molar-refractivity contribution is 0.576. The van der Waals surface area contributed by atoms with Gasteiger partial charge in [0.2, 0.25) is 0 Å². The van der Waals surface area contributed by atoms with Crippen molar-refractivity contribution in [3.63, 3.8) is 0 Å². The second-order valence-corrected chi connectivity index (χ2v) is 4.13. The maximum atomic E-state index is 9.12. The summed E-state index contributed by atoms with van der Waals surface area (Å²) in [4.78, 5) is 0. The summed E-state index contributed by atoms with van der Waals surface area (Å²) in [5.41, 5.74) is 2.77. The van der Waals surface area contributed by atoms with Gasteiger partial charge in [-0.1, -0.05) is 17.3 Å². The van der Waals surface area contributed by atoms with Gasteiger partial charge in [0, 0.05) is 0 Å². The van der Waals surface area contributed by atoms with Gasteiger partial charge in [-0.3, -0.25) is 0 Å². The first kappa shape index (κ1) is 11.2. The molecule has 0 spiro atoms. The molecule has 0 fully saturated rings. The lowest BCUT2D eigenvalue weighted by atomic mass is 10.2. The second-order valence-electron chi connectivity index (χ2n) is 4.13. The minimum Gasteiger partial charge on any atom is -0.463 e. The molecule has 0 bridgehead atoms. The molecule has 0 amide bonds. The molecular weight excluding hydrogens is 240 g/mol. The number of furan rings is 1. The van der Waals surface area contributed by atoms with E-state index >= 15 is 0 Å². The maximum absolute atomic E-state index is 9.12.